The van der Waals surface area contributed by atoms with Crippen LogP contribution in [-0.4, -0.2) is 37.2 Å². The Hall–Kier alpha value is -3.41. The van der Waals surface area contributed by atoms with E-state index < -0.39 is 6.10 Å². The van der Waals surface area contributed by atoms with Crippen molar-refractivity contribution < 1.29 is 28.6 Å². The topological polar surface area (TPSA) is 78.9 Å². The number of esters is 3. The predicted octanol–water partition coefficient (Wildman–Crippen LogP) is 18.0. The Labute approximate surface area is 401 Å². The van der Waals surface area contributed by atoms with Crippen molar-refractivity contribution in [3.8, 4) is 0 Å². The van der Waals surface area contributed by atoms with Gasteiger partial charge in [-0.05, 0) is 83.5 Å². The lowest BCUT2D eigenvalue weighted by Gasteiger charge is -2.18. The summed E-state index contributed by atoms with van der Waals surface area (Å²) in [6, 6.07) is 0. The van der Waals surface area contributed by atoms with E-state index in [1.165, 1.54) is 128 Å². The lowest BCUT2D eigenvalue weighted by Crippen LogP contribution is -2.30. The van der Waals surface area contributed by atoms with E-state index in [1.807, 2.05) is 6.08 Å². The number of rotatable bonds is 48. The Morgan fingerprint density at radius 2 is 0.631 bits per heavy atom. The summed E-state index contributed by atoms with van der Waals surface area (Å²) in [4.78, 5) is 37.9. The third-order valence-electron chi connectivity index (χ3n) is 11.4. The highest BCUT2D eigenvalue weighted by atomic mass is 16.6. The number of unbranched alkanes of at least 4 members (excludes halogenated alkanes) is 23. The lowest BCUT2D eigenvalue weighted by atomic mass is 10.1. The third kappa shape index (κ3) is 51.4. The van der Waals surface area contributed by atoms with Crippen LogP contribution in [0.15, 0.2) is 85.1 Å². The van der Waals surface area contributed by atoms with Crippen LogP contribution in [0.2, 0.25) is 0 Å². The fraction of sp³-hybridized carbons (Fsp3) is 0.712. The predicted molar refractivity (Wildman–Crippen MR) is 279 cm³/mol. The van der Waals surface area contributed by atoms with Gasteiger partial charge in [0.2, 0.25) is 0 Å². The SMILES string of the molecule is CC/C=C\C/C=C\C/C=C\C/C=C\C/C=C\C/C=C\CCC(=O)OC[C@@H](COC(=O)CCCCCCCCCCC)OC(=O)CCCCCCCCC/C=C\CCCCCCCCCC. The van der Waals surface area contributed by atoms with Gasteiger partial charge in [0.15, 0.2) is 6.10 Å². The van der Waals surface area contributed by atoms with Gasteiger partial charge in [0.05, 0.1) is 0 Å². The highest BCUT2D eigenvalue weighted by Crippen LogP contribution is 2.14. The molecule has 0 aliphatic carbocycles. The fourth-order valence-electron chi connectivity index (χ4n) is 7.35. The Morgan fingerprint density at radius 3 is 1.03 bits per heavy atom. The van der Waals surface area contributed by atoms with Crippen LogP contribution in [0.25, 0.3) is 0 Å². The van der Waals surface area contributed by atoms with Gasteiger partial charge in [0.1, 0.15) is 13.2 Å². The smallest absolute Gasteiger partial charge is 0.306 e. The first-order valence-corrected chi connectivity index (χ1v) is 27.1. The summed E-state index contributed by atoms with van der Waals surface area (Å²) in [7, 11) is 0. The molecule has 0 bridgehead atoms. The van der Waals surface area contributed by atoms with Crippen molar-refractivity contribution in [3.63, 3.8) is 0 Å². The number of allylic oxidation sites excluding steroid dienone is 14. The van der Waals surface area contributed by atoms with Crippen LogP contribution in [0.5, 0.6) is 0 Å². The van der Waals surface area contributed by atoms with Gasteiger partial charge in [-0.1, -0.05) is 234 Å². The minimum Gasteiger partial charge on any atom is -0.462 e. The van der Waals surface area contributed by atoms with E-state index in [1.54, 1.807) is 0 Å². The van der Waals surface area contributed by atoms with Crippen LogP contribution in [0, 0.1) is 0 Å². The molecule has 0 aromatic carbocycles. The zero-order valence-corrected chi connectivity index (χ0v) is 42.5. The number of carbonyl (C=O) groups is 3. The summed E-state index contributed by atoms with van der Waals surface area (Å²) in [6.45, 7) is 6.44. The fourth-order valence-corrected chi connectivity index (χ4v) is 7.35. The molecule has 0 aromatic rings. The monoisotopic (exact) mass is 905 g/mol. The second-order valence-electron chi connectivity index (χ2n) is 17.8. The minimum absolute atomic E-state index is 0.100. The molecule has 0 heterocycles. The summed E-state index contributed by atoms with van der Waals surface area (Å²) in [5, 5.41) is 0. The van der Waals surface area contributed by atoms with Crippen LogP contribution in [0.1, 0.15) is 252 Å². The molecule has 0 radical (unpaired) electrons. The maximum Gasteiger partial charge on any atom is 0.306 e. The van der Waals surface area contributed by atoms with Crippen molar-refractivity contribution in [2.24, 2.45) is 0 Å². The van der Waals surface area contributed by atoms with Gasteiger partial charge in [-0.2, -0.15) is 0 Å². The minimum atomic E-state index is -0.807. The first kappa shape index (κ1) is 61.6. The molecule has 0 rings (SSSR count). The van der Waals surface area contributed by atoms with Crippen molar-refractivity contribution in [3.05, 3.63) is 85.1 Å². The molecular formula is C59H100O6. The second kappa shape index (κ2) is 53.2. The molecule has 0 N–H and O–H groups in total. The molecular weight excluding hydrogens is 805 g/mol. The van der Waals surface area contributed by atoms with E-state index >= 15 is 0 Å². The largest absolute Gasteiger partial charge is 0.462 e. The quantitative estimate of drug-likeness (QED) is 0.0262. The maximum atomic E-state index is 12.8. The van der Waals surface area contributed by atoms with E-state index in [4.69, 9.17) is 14.2 Å². The Balaban J connectivity index is 4.42. The number of ether oxygens (including phenoxy) is 3. The maximum absolute atomic E-state index is 12.8. The highest BCUT2D eigenvalue weighted by molar-refractivity contribution is 5.71. The average Bonchev–Trinajstić information content (AvgIpc) is 3.30. The van der Waals surface area contributed by atoms with Crippen LogP contribution in [-0.2, 0) is 28.6 Å². The zero-order chi connectivity index (χ0) is 47.2. The van der Waals surface area contributed by atoms with Gasteiger partial charge in [-0.25, -0.2) is 0 Å². The number of hydrogen-bond acceptors (Lipinski definition) is 6. The van der Waals surface area contributed by atoms with Gasteiger partial charge in [0.25, 0.3) is 0 Å². The molecule has 65 heavy (non-hydrogen) atoms. The van der Waals surface area contributed by atoms with Gasteiger partial charge in [0, 0.05) is 19.3 Å². The van der Waals surface area contributed by atoms with Crippen molar-refractivity contribution >= 4 is 17.9 Å². The van der Waals surface area contributed by atoms with Gasteiger partial charge in [-0.3, -0.25) is 14.4 Å². The van der Waals surface area contributed by atoms with Crippen molar-refractivity contribution in [1.29, 1.82) is 0 Å². The van der Waals surface area contributed by atoms with E-state index in [9.17, 15) is 14.4 Å². The van der Waals surface area contributed by atoms with Crippen LogP contribution in [0.4, 0.5) is 0 Å². The van der Waals surface area contributed by atoms with Gasteiger partial charge in [-0.15, -0.1) is 0 Å². The van der Waals surface area contributed by atoms with Crippen molar-refractivity contribution in [2.75, 3.05) is 13.2 Å². The average molecular weight is 905 g/mol. The molecule has 0 saturated carbocycles. The summed E-state index contributed by atoms with van der Waals surface area (Å²) < 4.78 is 16.7. The Morgan fingerprint density at radius 1 is 0.323 bits per heavy atom. The number of hydrogen-bond donors (Lipinski definition) is 0. The molecule has 0 unspecified atom stereocenters. The molecule has 0 aliphatic heterocycles. The second-order valence-corrected chi connectivity index (χ2v) is 17.8. The molecule has 6 heteroatoms. The van der Waals surface area contributed by atoms with Crippen molar-refractivity contribution in [1.82, 2.24) is 0 Å². The van der Waals surface area contributed by atoms with Crippen LogP contribution < -0.4 is 0 Å². The van der Waals surface area contributed by atoms with Crippen LogP contribution in [0.3, 0.4) is 0 Å². The molecule has 1 atom stereocenters. The standard InChI is InChI=1S/C59H100O6/c1-4-7-10-13-16-19-21-23-25-27-29-31-33-35-37-40-43-46-49-52-58(61)64-55-56(54-63-57(60)51-48-45-42-39-18-15-12-9-6-3)65-59(62)53-50-47-44-41-38-36-34-32-30-28-26-24-22-20-17-14-11-8-5-2/h7,10,16,19,23,25,28-31,35,37,43,46,56H,4-6,8-9,11-15,17-18,20-22,24,26-27,32-34,36,38-42,44-45,47-55H2,1-3H3/b10-7-,19-16-,25-23-,30-28-,31-29-,37-35-,46-43-/t56-/m1/s1. The van der Waals surface area contributed by atoms with Gasteiger partial charge >= 0.3 is 17.9 Å². The summed E-state index contributed by atoms with van der Waals surface area (Å²) in [5.74, 6) is -0.994. The molecule has 0 aromatic heterocycles. The highest BCUT2D eigenvalue weighted by Gasteiger charge is 2.19. The summed E-state index contributed by atoms with van der Waals surface area (Å²) in [6.07, 6.45) is 68.7. The normalized spacial score (nSPS) is 12.7. The molecule has 6 nitrogen and oxygen atoms in total. The van der Waals surface area contributed by atoms with Crippen molar-refractivity contribution in [2.45, 2.75) is 258 Å². The zero-order valence-electron chi connectivity index (χ0n) is 42.5. The first-order valence-electron chi connectivity index (χ1n) is 27.1. The number of carbonyl (C=O) groups excluding carboxylic acids is 3. The third-order valence-corrected chi connectivity index (χ3v) is 11.4. The molecule has 0 fully saturated rings. The van der Waals surface area contributed by atoms with Crippen LogP contribution >= 0.6 is 0 Å². The van der Waals surface area contributed by atoms with E-state index in [0.717, 1.165) is 77.0 Å². The Bertz CT molecular complexity index is 1270. The Kier molecular flexibility index (Phi) is 50.4. The first-order chi connectivity index (χ1) is 32.0. The molecule has 0 aliphatic rings. The van der Waals surface area contributed by atoms with Gasteiger partial charge < -0.3 is 14.2 Å². The molecule has 0 amide bonds. The summed E-state index contributed by atoms with van der Waals surface area (Å²) >= 11 is 0. The molecule has 0 spiro atoms. The lowest BCUT2D eigenvalue weighted by molar-refractivity contribution is -0.166. The van der Waals surface area contributed by atoms with E-state index in [2.05, 4.69) is 99.8 Å². The van der Waals surface area contributed by atoms with E-state index in [-0.39, 0.29) is 37.5 Å². The molecule has 372 valence electrons. The molecule has 0 saturated heterocycles. The van der Waals surface area contributed by atoms with E-state index in [0.29, 0.717) is 19.3 Å². The summed E-state index contributed by atoms with van der Waals surface area (Å²) in [5.41, 5.74) is 0.